The van der Waals surface area contributed by atoms with E-state index in [2.05, 4.69) is 10.6 Å². The summed E-state index contributed by atoms with van der Waals surface area (Å²) in [7, 11) is 1.27. The Labute approximate surface area is 186 Å². The number of anilines is 2. The normalized spacial score (nSPS) is 10.2. The number of rotatable bonds is 7. The van der Waals surface area contributed by atoms with E-state index in [4.69, 9.17) is 9.47 Å². The number of hydrogen-bond acceptors (Lipinski definition) is 5. The molecule has 0 spiro atoms. The summed E-state index contributed by atoms with van der Waals surface area (Å²) in [5.74, 6) is -0.716. The van der Waals surface area contributed by atoms with Crippen molar-refractivity contribution in [1.82, 2.24) is 0 Å². The van der Waals surface area contributed by atoms with E-state index in [1.165, 1.54) is 7.11 Å². The van der Waals surface area contributed by atoms with Crippen molar-refractivity contribution in [2.75, 3.05) is 24.4 Å². The van der Waals surface area contributed by atoms with E-state index < -0.39 is 11.9 Å². The molecule has 0 aromatic heterocycles. The van der Waals surface area contributed by atoms with Gasteiger partial charge >= 0.3 is 5.97 Å². The van der Waals surface area contributed by atoms with Crippen molar-refractivity contribution in [2.45, 2.75) is 13.8 Å². The summed E-state index contributed by atoms with van der Waals surface area (Å²) in [4.78, 5) is 36.9. The fraction of sp³-hybridized carbons (Fsp3) is 0.160. The van der Waals surface area contributed by atoms with Gasteiger partial charge in [0.05, 0.1) is 18.4 Å². The zero-order valence-electron chi connectivity index (χ0n) is 18.1. The van der Waals surface area contributed by atoms with E-state index in [9.17, 15) is 14.4 Å². The summed E-state index contributed by atoms with van der Waals surface area (Å²) in [5.41, 5.74) is 3.57. The van der Waals surface area contributed by atoms with Crippen LogP contribution >= 0.6 is 0 Å². The number of para-hydroxylation sites is 1. The molecule has 0 heterocycles. The van der Waals surface area contributed by atoms with E-state index in [0.29, 0.717) is 22.7 Å². The largest absolute Gasteiger partial charge is 0.484 e. The molecule has 2 N–H and O–H groups in total. The molecule has 0 fully saturated rings. The van der Waals surface area contributed by atoms with Crippen molar-refractivity contribution in [3.63, 3.8) is 0 Å². The summed E-state index contributed by atoms with van der Waals surface area (Å²) < 4.78 is 10.3. The predicted molar refractivity (Wildman–Crippen MR) is 122 cm³/mol. The minimum absolute atomic E-state index is 0.161. The van der Waals surface area contributed by atoms with Crippen LogP contribution in [-0.4, -0.2) is 31.5 Å². The average molecular weight is 432 g/mol. The van der Waals surface area contributed by atoms with E-state index in [0.717, 1.165) is 11.1 Å². The van der Waals surface area contributed by atoms with Crippen LogP contribution in [0.1, 0.15) is 31.8 Å². The predicted octanol–water partition coefficient (Wildman–Crippen LogP) is 4.36. The number of aryl methyl sites for hydroxylation is 2. The van der Waals surface area contributed by atoms with Crippen LogP contribution in [0.3, 0.4) is 0 Å². The van der Waals surface area contributed by atoms with Crippen molar-refractivity contribution in [1.29, 1.82) is 0 Å². The Hall–Kier alpha value is -4.13. The second kappa shape index (κ2) is 10.3. The molecule has 0 saturated carbocycles. The van der Waals surface area contributed by atoms with Crippen LogP contribution in [0.25, 0.3) is 0 Å². The molecule has 3 rings (SSSR count). The molecule has 32 heavy (non-hydrogen) atoms. The van der Waals surface area contributed by atoms with Gasteiger partial charge in [-0.15, -0.1) is 0 Å². The molecule has 0 unspecified atom stereocenters. The van der Waals surface area contributed by atoms with E-state index in [-0.39, 0.29) is 18.1 Å². The first kappa shape index (κ1) is 22.6. The molecule has 2 amide bonds. The smallest absolute Gasteiger partial charge is 0.339 e. The topological polar surface area (TPSA) is 93.7 Å². The summed E-state index contributed by atoms with van der Waals surface area (Å²) in [5, 5.41) is 5.42. The van der Waals surface area contributed by atoms with Crippen molar-refractivity contribution in [2.24, 2.45) is 0 Å². The van der Waals surface area contributed by atoms with Crippen LogP contribution in [0, 0.1) is 13.8 Å². The average Bonchev–Trinajstić information content (AvgIpc) is 2.80. The van der Waals surface area contributed by atoms with Crippen LogP contribution in [0.2, 0.25) is 0 Å². The van der Waals surface area contributed by atoms with E-state index in [1.54, 1.807) is 48.5 Å². The van der Waals surface area contributed by atoms with Crippen LogP contribution in [0.15, 0.2) is 66.7 Å². The van der Waals surface area contributed by atoms with Crippen LogP contribution < -0.4 is 15.4 Å². The minimum Gasteiger partial charge on any atom is -0.484 e. The molecule has 3 aromatic rings. The summed E-state index contributed by atoms with van der Waals surface area (Å²) in [6.07, 6.45) is 0. The van der Waals surface area contributed by atoms with Crippen molar-refractivity contribution in [3.8, 4) is 5.75 Å². The highest BCUT2D eigenvalue weighted by atomic mass is 16.5. The van der Waals surface area contributed by atoms with Gasteiger partial charge in [0.25, 0.3) is 11.8 Å². The maximum Gasteiger partial charge on any atom is 0.339 e. The maximum absolute atomic E-state index is 12.7. The van der Waals surface area contributed by atoms with Gasteiger partial charge in [-0.2, -0.15) is 0 Å². The molecule has 0 saturated heterocycles. The molecule has 164 valence electrons. The van der Waals surface area contributed by atoms with Crippen LogP contribution in [0.4, 0.5) is 11.4 Å². The first-order valence-corrected chi connectivity index (χ1v) is 9.96. The van der Waals surface area contributed by atoms with Gasteiger partial charge in [-0.1, -0.05) is 24.3 Å². The third-order valence-electron chi connectivity index (χ3n) is 4.84. The summed E-state index contributed by atoms with van der Waals surface area (Å²) in [6.45, 7) is 3.82. The molecule has 0 radical (unpaired) electrons. The second-order valence-corrected chi connectivity index (χ2v) is 7.16. The van der Waals surface area contributed by atoms with E-state index >= 15 is 0 Å². The second-order valence-electron chi connectivity index (χ2n) is 7.16. The monoisotopic (exact) mass is 432 g/mol. The zero-order chi connectivity index (χ0) is 23.1. The number of carbonyl (C=O) groups is 3. The number of nitrogens with one attached hydrogen (secondary N) is 2. The third-order valence-corrected chi connectivity index (χ3v) is 4.84. The molecule has 7 heteroatoms. The van der Waals surface area contributed by atoms with Crippen LogP contribution in [-0.2, 0) is 9.53 Å². The van der Waals surface area contributed by atoms with Gasteiger partial charge < -0.3 is 20.1 Å². The summed E-state index contributed by atoms with van der Waals surface area (Å²) in [6, 6.07) is 18.7. The molecule has 7 nitrogen and oxygen atoms in total. The lowest BCUT2D eigenvalue weighted by molar-refractivity contribution is -0.118. The molecule has 0 atom stereocenters. The standard InChI is InChI=1S/C25H24N2O5/c1-16-11-12-20(13-17(16)2)32-15-23(28)26-19-8-6-7-18(14-19)24(29)27-22-10-5-4-9-21(22)25(30)31-3/h4-14H,15H2,1-3H3,(H,26,28)(H,27,29). The number of carbonyl (C=O) groups excluding carboxylic acids is 3. The maximum atomic E-state index is 12.7. The Kier molecular flexibility index (Phi) is 7.23. The zero-order valence-corrected chi connectivity index (χ0v) is 18.1. The lowest BCUT2D eigenvalue weighted by atomic mass is 10.1. The Morgan fingerprint density at radius 3 is 2.38 bits per heavy atom. The lowest BCUT2D eigenvalue weighted by Crippen LogP contribution is -2.21. The van der Waals surface area contributed by atoms with Gasteiger partial charge in [-0.05, 0) is 67.4 Å². The van der Waals surface area contributed by atoms with Gasteiger partial charge in [0.2, 0.25) is 0 Å². The SMILES string of the molecule is COC(=O)c1ccccc1NC(=O)c1cccc(NC(=O)COc2ccc(C)c(C)c2)c1. The number of methoxy groups -OCH3 is 1. The van der Waals surface area contributed by atoms with Crippen molar-refractivity contribution >= 4 is 29.2 Å². The van der Waals surface area contributed by atoms with Crippen molar-refractivity contribution < 1.29 is 23.9 Å². The first-order valence-electron chi connectivity index (χ1n) is 9.96. The van der Waals surface area contributed by atoms with Gasteiger partial charge in [-0.3, -0.25) is 9.59 Å². The fourth-order valence-electron chi connectivity index (χ4n) is 2.96. The van der Waals surface area contributed by atoms with Crippen molar-refractivity contribution in [3.05, 3.63) is 89.0 Å². The first-order chi connectivity index (χ1) is 15.4. The molecular weight excluding hydrogens is 408 g/mol. The van der Waals surface area contributed by atoms with Gasteiger partial charge in [0, 0.05) is 11.3 Å². The number of ether oxygens (including phenoxy) is 2. The van der Waals surface area contributed by atoms with Gasteiger partial charge in [0.15, 0.2) is 6.61 Å². The Balaban J connectivity index is 1.63. The van der Waals surface area contributed by atoms with Gasteiger partial charge in [0.1, 0.15) is 5.75 Å². The number of esters is 1. The number of benzene rings is 3. The van der Waals surface area contributed by atoms with Crippen LogP contribution in [0.5, 0.6) is 5.75 Å². The van der Waals surface area contributed by atoms with E-state index in [1.807, 2.05) is 32.0 Å². The lowest BCUT2D eigenvalue weighted by Gasteiger charge is -2.11. The highest BCUT2D eigenvalue weighted by Gasteiger charge is 2.15. The fourth-order valence-corrected chi connectivity index (χ4v) is 2.96. The third kappa shape index (κ3) is 5.72. The summed E-state index contributed by atoms with van der Waals surface area (Å²) >= 11 is 0. The number of amides is 2. The minimum atomic E-state index is -0.550. The molecule has 3 aromatic carbocycles. The Morgan fingerprint density at radius 1 is 0.844 bits per heavy atom. The Morgan fingerprint density at radius 2 is 1.62 bits per heavy atom. The molecular formula is C25H24N2O5. The highest BCUT2D eigenvalue weighted by molar-refractivity contribution is 6.08. The quantitative estimate of drug-likeness (QED) is 0.541. The number of hydrogen-bond donors (Lipinski definition) is 2. The highest BCUT2D eigenvalue weighted by Crippen LogP contribution is 2.19. The van der Waals surface area contributed by atoms with Gasteiger partial charge in [-0.25, -0.2) is 4.79 Å². The Bertz CT molecular complexity index is 1160. The molecule has 0 bridgehead atoms. The molecule has 0 aliphatic carbocycles. The molecule has 0 aliphatic rings. The molecule has 0 aliphatic heterocycles.